The molecule has 1 unspecified atom stereocenters. The van der Waals surface area contributed by atoms with Gasteiger partial charge in [0.15, 0.2) is 5.65 Å². The van der Waals surface area contributed by atoms with Crippen LogP contribution in [0.4, 0.5) is 5.82 Å². The summed E-state index contributed by atoms with van der Waals surface area (Å²) >= 11 is 6.04. The van der Waals surface area contributed by atoms with Gasteiger partial charge in [0.05, 0.1) is 11.6 Å². The average molecular weight is 427 g/mol. The first kappa shape index (κ1) is 20.7. The molecule has 0 aliphatic carbocycles. The van der Waals surface area contributed by atoms with Crippen LogP contribution in [0.3, 0.4) is 0 Å². The van der Waals surface area contributed by atoms with Gasteiger partial charge in [-0.1, -0.05) is 37.6 Å². The standard InChI is InChI=1S/C23H27ClN4O2/c1-14(2)11-19-15(3)25-21-12-20(16-6-8-18(24)9-7-16)26-28(21)22(19)27-10-4-5-17(13-27)23(29)30/h6-9,12,14,17H,4-5,10-11,13H2,1-3H3,(H,29,30). The molecule has 3 aromatic rings. The minimum Gasteiger partial charge on any atom is -0.481 e. The van der Waals surface area contributed by atoms with E-state index in [9.17, 15) is 9.90 Å². The summed E-state index contributed by atoms with van der Waals surface area (Å²) in [6.45, 7) is 7.73. The summed E-state index contributed by atoms with van der Waals surface area (Å²) in [4.78, 5) is 18.7. The number of anilines is 1. The van der Waals surface area contributed by atoms with E-state index >= 15 is 0 Å². The zero-order valence-corrected chi connectivity index (χ0v) is 18.4. The molecule has 1 saturated heterocycles. The summed E-state index contributed by atoms with van der Waals surface area (Å²) in [5.74, 6) is 0.348. The van der Waals surface area contributed by atoms with Crippen LogP contribution in [0.1, 0.15) is 37.9 Å². The lowest BCUT2D eigenvalue weighted by Gasteiger charge is -2.34. The van der Waals surface area contributed by atoms with Crippen molar-refractivity contribution in [2.45, 2.75) is 40.0 Å². The maximum Gasteiger partial charge on any atom is 0.308 e. The second kappa shape index (κ2) is 8.26. The number of carboxylic acid groups (broad SMARTS) is 1. The Hall–Kier alpha value is -2.60. The third kappa shape index (κ3) is 4.01. The first-order valence-electron chi connectivity index (χ1n) is 10.5. The Bertz CT molecular complexity index is 1070. The van der Waals surface area contributed by atoms with Crippen LogP contribution in [0.2, 0.25) is 5.02 Å². The maximum atomic E-state index is 11.7. The van der Waals surface area contributed by atoms with Gasteiger partial charge in [-0.05, 0) is 44.2 Å². The van der Waals surface area contributed by atoms with Crippen LogP contribution in [0.5, 0.6) is 0 Å². The molecule has 1 N–H and O–H groups in total. The molecule has 1 aromatic carbocycles. The molecule has 30 heavy (non-hydrogen) atoms. The highest BCUT2D eigenvalue weighted by molar-refractivity contribution is 6.30. The molecule has 2 aromatic heterocycles. The van der Waals surface area contributed by atoms with E-state index in [1.54, 1.807) is 0 Å². The van der Waals surface area contributed by atoms with E-state index < -0.39 is 5.97 Å². The lowest BCUT2D eigenvalue weighted by molar-refractivity contribution is -0.141. The van der Waals surface area contributed by atoms with Crippen molar-refractivity contribution < 1.29 is 9.90 Å². The summed E-state index contributed by atoms with van der Waals surface area (Å²) in [5, 5.41) is 15.2. The minimum absolute atomic E-state index is 0.361. The monoisotopic (exact) mass is 426 g/mol. The molecule has 1 fully saturated rings. The number of hydrogen-bond acceptors (Lipinski definition) is 4. The number of carboxylic acids is 1. The number of piperidine rings is 1. The van der Waals surface area contributed by atoms with Gasteiger partial charge in [0.2, 0.25) is 0 Å². The molecule has 1 aliphatic heterocycles. The SMILES string of the molecule is Cc1nc2cc(-c3ccc(Cl)cc3)nn2c(N2CCCC(C(=O)O)C2)c1CC(C)C. The third-order valence-electron chi connectivity index (χ3n) is 5.70. The first-order valence-corrected chi connectivity index (χ1v) is 10.8. The van der Waals surface area contributed by atoms with Crippen LogP contribution in [-0.2, 0) is 11.2 Å². The van der Waals surface area contributed by atoms with Gasteiger partial charge >= 0.3 is 5.97 Å². The number of aryl methyl sites for hydroxylation is 1. The molecular formula is C23H27ClN4O2. The van der Waals surface area contributed by atoms with E-state index in [0.717, 1.165) is 53.4 Å². The van der Waals surface area contributed by atoms with Gasteiger partial charge in [-0.2, -0.15) is 9.61 Å². The molecule has 0 radical (unpaired) electrons. The fourth-order valence-corrected chi connectivity index (χ4v) is 4.37. The fourth-order valence-electron chi connectivity index (χ4n) is 4.24. The Labute approximate surface area is 181 Å². The highest BCUT2D eigenvalue weighted by Crippen LogP contribution is 2.32. The van der Waals surface area contributed by atoms with E-state index in [4.69, 9.17) is 21.7 Å². The van der Waals surface area contributed by atoms with E-state index in [1.165, 1.54) is 0 Å². The molecular weight excluding hydrogens is 400 g/mol. The largest absolute Gasteiger partial charge is 0.481 e. The third-order valence-corrected chi connectivity index (χ3v) is 5.95. The predicted octanol–water partition coefficient (Wildman–Crippen LogP) is 4.86. The zero-order valence-electron chi connectivity index (χ0n) is 17.6. The van der Waals surface area contributed by atoms with Gasteiger partial charge in [0, 0.05) is 41.0 Å². The van der Waals surface area contributed by atoms with Crippen LogP contribution in [0.15, 0.2) is 30.3 Å². The second-order valence-corrected chi connectivity index (χ2v) is 8.96. The molecule has 7 heteroatoms. The van der Waals surface area contributed by atoms with Crippen molar-refractivity contribution in [3.8, 4) is 11.3 Å². The van der Waals surface area contributed by atoms with Crippen molar-refractivity contribution in [1.29, 1.82) is 0 Å². The molecule has 0 amide bonds. The summed E-state index contributed by atoms with van der Waals surface area (Å²) < 4.78 is 1.90. The van der Waals surface area contributed by atoms with Gasteiger partial charge in [0.1, 0.15) is 5.82 Å². The van der Waals surface area contributed by atoms with Gasteiger partial charge in [-0.3, -0.25) is 4.79 Å². The van der Waals surface area contributed by atoms with Crippen molar-refractivity contribution in [3.05, 3.63) is 46.6 Å². The molecule has 3 heterocycles. The number of halogens is 1. The summed E-state index contributed by atoms with van der Waals surface area (Å²) in [7, 11) is 0. The Morgan fingerprint density at radius 2 is 2.03 bits per heavy atom. The second-order valence-electron chi connectivity index (χ2n) is 8.53. The van der Waals surface area contributed by atoms with Crippen LogP contribution in [-0.4, -0.2) is 38.8 Å². The van der Waals surface area contributed by atoms with Crippen LogP contribution in [0.25, 0.3) is 16.9 Å². The van der Waals surface area contributed by atoms with Gasteiger partial charge in [-0.15, -0.1) is 0 Å². The van der Waals surface area contributed by atoms with E-state index in [-0.39, 0.29) is 5.92 Å². The molecule has 0 spiro atoms. The minimum atomic E-state index is -0.727. The Morgan fingerprint density at radius 1 is 1.30 bits per heavy atom. The number of aliphatic carboxylic acids is 1. The number of hydrogen-bond donors (Lipinski definition) is 1. The average Bonchev–Trinajstić information content (AvgIpc) is 3.12. The Kier molecular flexibility index (Phi) is 5.69. The zero-order chi connectivity index (χ0) is 21.4. The quantitative estimate of drug-likeness (QED) is 0.631. The molecule has 4 rings (SSSR count). The number of nitrogens with zero attached hydrogens (tertiary/aromatic N) is 4. The van der Waals surface area contributed by atoms with Gasteiger partial charge in [-0.25, -0.2) is 4.98 Å². The lowest BCUT2D eigenvalue weighted by Crippen LogP contribution is -2.40. The number of rotatable bonds is 5. The van der Waals surface area contributed by atoms with Gasteiger partial charge < -0.3 is 10.0 Å². The number of aromatic nitrogens is 3. The topological polar surface area (TPSA) is 70.7 Å². The normalized spacial score (nSPS) is 17.1. The summed E-state index contributed by atoms with van der Waals surface area (Å²) in [6.07, 6.45) is 2.44. The Balaban J connectivity index is 1.87. The number of fused-ring (bicyclic) bond motifs is 1. The Morgan fingerprint density at radius 3 is 2.70 bits per heavy atom. The van der Waals surface area contributed by atoms with Crippen molar-refractivity contribution in [2.24, 2.45) is 11.8 Å². The highest BCUT2D eigenvalue weighted by Gasteiger charge is 2.29. The fraction of sp³-hybridized carbons (Fsp3) is 0.435. The lowest BCUT2D eigenvalue weighted by atomic mass is 9.96. The van der Waals surface area contributed by atoms with E-state index in [1.807, 2.05) is 41.8 Å². The van der Waals surface area contributed by atoms with Crippen LogP contribution >= 0.6 is 11.6 Å². The summed E-state index contributed by atoms with van der Waals surface area (Å²) in [5.41, 5.74) is 4.70. The van der Waals surface area contributed by atoms with Crippen molar-refractivity contribution >= 4 is 29.0 Å². The van der Waals surface area contributed by atoms with E-state index in [2.05, 4.69) is 18.7 Å². The smallest absolute Gasteiger partial charge is 0.308 e. The molecule has 158 valence electrons. The van der Waals surface area contributed by atoms with Crippen molar-refractivity contribution in [1.82, 2.24) is 14.6 Å². The predicted molar refractivity (Wildman–Crippen MR) is 119 cm³/mol. The van der Waals surface area contributed by atoms with E-state index in [0.29, 0.717) is 23.9 Å². The molecule has 0 saturated carbocycles. The highest BCUT2D eigenvalue weighted by atomic mass is 35.5. The molecule has 1 aliphatic rings. The number of benzene rings is 1. The van der Waals surface area contributed by atoms with Gasteiger partial charge in [0.25, 0.3) is 0 Å². The van der Waals surface area contributed by atoms with Crippen molar-refractivity contribution in [3.63, 3.8) is 0 Å². The summed E-state index contributed by atoms with van der Waals surface area (Å²) in [6, 6.07) is 9.59. The van der Waals surface area contributed by atoms with Crippen molar-refractivity contribution in [2.75, 3.05) is 18.0 Å². The van der Waals surface area contributed by atoms with Crippen LogP contribution in [0, 0.1) is 18.8 Å². The molecule has 0 bridgehead atoms. The first-order chi connectivity index (χ1) is 14.3. The molecule has 6 nitrogen and oxygen atoms in total. The number of carbonyl (C=O) groups is 1. The maximum absolute atomic E-state index is 11.7. The molecule has 1 atom stereocenters. The van der Waals surface area contributed by atoms with Crippen LogP contribution < -0.4 is 4.90 Å².